The van der Waals surface area contributed by atoms with Crippen molar-refractivity contribution in [1.29, 1.82) is 0 Å². The van der Waals surface area contributed by atoms with Gasteiger partial charge in [-0.1, -0.05) is 13.0 Å². The molecule has 128 valence electrons. The summed E-state index contributed by atoms with van der Waals surface area (Å²) >= 11 is 0. The van der Waals surface area contributed by atoms with E-state index >= 15 is 0 Å². The highest BCUT2D eigenvalue weighted by molar-refractivity contribution is 5.73. The van der Waals surface area contributed by atoms with Crippen LogP contribution in [0.1, 0.15) is 32.3 Å². The Morgan fingerprint density at radius 1 is 1.30 bits per heavy atom. The molecule has 0 spiro atoms. The van der Waals surface area contributed by atoms with Gasteiger partial charge >= 0.3 is 0 Å². The standard InChI is InChI=1S/C18H28N2O3/c1-5-19-10-6-7-16(19)13-20(14(2)21)12-15-8-9-17(22-3)18(11-15)23-4/h8-9,11,16H,5-7,10,12-13H2,1-4H3. The molecule has 0 aliphatic carbocycles. The van der Waals surface area contributed by atoms with Crippen LogP contribution >= 0.6 is 0 Å². The SMILES string of the molecule is CCN1CCCC1CN(Cc1ccc(OC)c(OC)c1)C(C)=O. The lowest BCUT2D eigenvalue weighted by Crippen LogP contribution is -2.41. The van der Waals surface area contributed by atoms with Gasteiger partial charge in [-0.2, -0.15) is 0 Å². The van der Waals surface area contributed by atoms with Crippen molar-refractivity contribution < 1.29 is 14.3 Å². The molecular weight excluding hydrogens is 292 g/mol. The zero-order chi connectivity index (χ0) is 16.8. The topological polar surface area (TPSA) is 42.0 Å². The Labute approximate surface area is 139 Å². The number of likely N-dealkylation sites (tertiary alicyclic amines) is 1. The second kappa shape index (κ2) is 8.20. The first-order valence-electron chi connectivity index (χ1n) is 8.29. The molecule has 1 aliphatic rings. The Hall–Kier alpha value is -1.75. The van der Waals surface area contributed by atoms with E-state index in [1.54, 1.807) is 21.1 Å². The predicted octanol–water partition coefficient (Wildman–Crippen LogP) is 2.54. The molecule has 1 aromatic carbocycles. The average Bonchev–Trinajstić information content (AvgIpc) is 3.01. The minimum absolute atomic E-state index is 0.114. The fraction of sp³-hybridized carbons (Fsp3) is 0.611. The van der Waals surface area contributed by atoms with E-state index in [2.05, 4.69) is 11.8 Å². The van der Waals surface area contributed by atoms with E-state index < -0.39 is 0 Å². The third-order valence-corrected chi connectivity index (χ3v) is 4.60. The maximum Gasteiger partial charge on any atom is 0.219 e. The quantitative estimate of drug-likeness (QED) is 0.774. The predicted molar refractivity (Wildman–Crippen MR) is 90.9 cm³/mol. The molecule has 1 amide bonds. The number of rotatable bonds is 7. The molecule has 0 aromatic heterocycles. The molecule has 23 heavy (non-hydrogen) atoms. The van der Waals surface area contributed by atoms with Crippen LogP contribution in [0.2, 0.25) is 0 Å². The summed E-state index contributed by atoms with van der Waals surface area (Å²) in [5.74, 6) is 1.52. The maximum absolute atomic E-state index is 12.1. The summed E-state index contributed by atoms with van der Waals surface area (Å²) in [6.07, 6.45) is 2.39. The molecule has 1 unspecified atom stereocenters. The van der Waals surface area contributed by atoms with Crippen LogP contribution in [-0.4, -0.2) is 55.6 Å². The smallest absolute Gasteiger partial charge is 0.219 e. The zero-order valence-electron chi connectivity index (χ0n) is 14.7. The molecule has 0 saturated carbocycles. The van der Waals surface area contributed by atoms with E-state index in [0.717, 1.165) is 25.2 Å². The number of hydrogen-bond acceptors (Lipinski definition) is 4. The highest BCUT2D eigenvalue weighted by Crippen LogP contribution is 2.28. The molecule has 1 saturated heterocycles. The van der Waals surface area contributed by atoms with Crippen LogP contribution in [0.4, 0.5) is 0 Å². The Morgan fingerprint density at radius 3 is 2.65 bits per heavy atom. The number of hydrogen-bond donors (Lipinski definition) is 0. The summed E-state index contributed by atoms with van der Waals surface area (Å²) in [6.45, 7) is 7.41. The lowest BCUT2D eigenvalue weighted by molar-refractivity contribution is -0.130. The van der Waals surface area contributed by atoms with Gasteiger partial charge in [-0.25, -0.2) is 0 Å². The van der Waals surface area contributed by atoms with Gasteiger partial charge in [0.25, 0.3) is 0 Å². The Balaban J connectivity index is 2.09. The zero-order valence-corrected chi connectivity index (χ0v) is 14.7. The Kier molecular flexibility index (Phi) is 6.28. The molecule has 1 aromatic rings. The van der Waals surface area contributed by atoms with Crippen LogP contribution in [0.3, 0.4) is 0 Å². The molecule has 1 fully saturated rings. The van der Waals surface area contributed by atoms with Crippen molar-refractivity contribution in [2.75, 3.05) is 33.9 Å². The largest absolute Gasteiger partial charge is 0.493 e. The van der Waals surface area contributed by atoms with E-state index in [4.69, 9.17) is 9.47 Å². The van der Waals surface area contributed by atoms with Crippen LogP contribution in [0.25, 0.3) is 0 Å². The number of carbonyl (C=O) groups is 1. The van der Waals surface area contributed by atoms with E-state index in [1.165, 1.54) is 12.8 Å². The Bertz CT molecular complexity index is 533. The van der Waals surface area contributed by atoms with Crippen LogP contribution in [0.5, 0.6) is 11.5 Å². The normalized spacial score (nSPS) is 18.0. The summed E-state index contributed by atoms with van der Waals surface area (Å²) in [6, 6.07) is 6.30. The molecule has 0 bridgehead atoms. The van der Waals surface area contributed by atoms with Gasteiger partial charge < -0.3 is 14.4 Å². The lowest BCUT2D eigenvalue weighted by Gasteiger charge is -2.30. The van der Waals surface area contributed by atoms with Crippen molar-refractivity contribution in [1.82, 2.24) is 9.80 Å². The van der Waals surface area contributed by atoms with Crippen molar-refractivity contribution in [3.05, 3.63) is 23.8 Å². The van der Waals surface area contributed by atoms with Crippen molar-refractivity contribution in [2.24, 2.45) is 0 Å². The Morgan fingerprint density at radius 2 is 2.04 bits per heavy atom. The van der Waals surface area contributed by atoms with Gasteiger partial charge in [0.1, 0.15) is 0 Å². The van der Waals surface area contributed by atoms with Crippen LogP contribution in [0.15, 0.2) is 18.2 Å². The lowest BCUT2D eigenvalue weighted by atomic mass is 10.1. The number of likely N-dealkylation sites (N-methyl/N-ethyl adjacent to an activating group) is 1. The minimum atomic E-state index is 0.114. The van der Waals surface area contributed by atoms with E-state index in [9.17, 15) is 4.79 Å². The fourth-order valence-electron chi connectivity index (χ4n) is 3.28. The molecule has 0 radical (unpaired) electrons. The minimum Gasteiger partial charge on any atom is -0.493 e. The van der Waals surface area contributed by atoms with E-state index in [0.29, 0.717) is 24.1 Å². The highest BCUT2D eigenvalue weighted by Gasteiger charge is 2.26. The van der Waals surface area contributed by atoms with Crippen LogP contribution in [-0.2, 0) is 11.3 Å². The van der Waals surface area contributed by atoms with Crippen LogP contribution in [0, 0.1) is 0 Å². The van der Waals surface area contributed by atoms with Crippen LogP contribution < -0.4 is 9.47 Å². The first-order valence-corrected chi connectivity index (χ1v) is 8.29. The summed E-state index contributed by atoms with van der Waals surface area (Å²) in [5.41, 5.74) is 1.05. The second-order valence-electron chi connectivity index (χ2n) is 6.01. The number of carbonyl (C=O) groups excluding carboxylic acids is 1. The number of amides is 1. The summed E-state index contributed by atoms with van der Waals surface area (Å²) < 4.78 is 10.6. The third kappa shape index (κ3) is 4.38. The fourth-order valence-corrected chi connectivity index (χ4v) is 3.28. The van der Waals surface area contributed by atoms with Crippen molar-refractivity contribution in [2.45, 2.75) is 39.3 Å². The number of nitrogens with zero attached hydrogens (tertiary/aromatic N) is 2. The van der Waals surface area contributed by atoms with E-state index in [1.807, 2.05) is 23.1 Å². The molecule has 1 aliphatic heterocycles. The van der Waals surface area contributed by atoms with Gasteiger partial charge in [0, 0.05) is 26.1 Å². The molecule has 2 rings (SSSR count). The van der Waals surface area contributed by atoms with Crippen molar-refractivity contribution >= 4 is 5.91 Å². The van der Waals surface area contributed by atoms with Gasteiger partial charge in [0.2, 0.25) is 5.91 Å². The molecule has 5 heteroatoms. The van der Waals surface area contributed by atoms with Crippen molar-refractivity contribution in [3.8, 4) is 11.5 Å². The van der Waals surface area contributed by atoms with Gasteiger partial charge in [0.15, 0.2) is 11.5 Å². The second-order valence-corrected chi connectivity index (χ2v) is 6.01. The number of methoxy groups -OCH3 is 2. The third-order valence-electron chi connectivity index (χ3n) is 4.60. The first kappa shape index (κ1) is 17.6. The molecular formula is C18H28N2O3. The number of benzene rings is 1. The van der Waals surface area contributed by atoms with Gasteiger partial charge in [-0.15, -0.1) is 0 Å². The maximum atomic E-state index is 12.1. The molecule has 1 heterocycles. The average molecular weight is 320 g/mol. The van der Waals surface area contributed by atoms with Gasteiger partial charge in [0.05, 0.1) is 14.2 Å². The van der Waals surface area contributed by atoms with Gasteiger partial charge in [-0.3, -0.25) is 9.69 Å². The highest BCUT2D eigenvalue weighted by atomic mass is 16.5. The molecule has 1 atom stereocenters. The first-order chi connectivity index (χ1) is 11.1. The van der Waals surface area contributed by atoms with Crippen molar-refractivity contribution in [3.63, 3.8) is 0 Å². The monoisotopic (exact) mass is 320 g/mol. The summed E-state index contributed by atoms with van der Waals surface area (Å²) in [4.78, 5) is 16.5. The summed E-state index contributed by atoms with van der Waals surface area (Å²) in [5, 5.41) is 0. The number of ether oxygens (including phenoxy) is 2. The molecule has 5 nitrogen and oxygen atoms in total. The summed E-state index contributed by atoms with van der Waals surface area (Å²) in [7, 11) is 3.25. The van der Waals surface area contributed by atoms with Gasteiger partial charge in [-0.05, 0) is 43.6 Å². The molecule has 0 N–H and O–H groups in total. The van der Waals surface area contributed by atoms with E-state index in [-0.39, 0.29) is 5.91 Å².